The van der Waals surface area contributed by atoms with Gasteiger partial charge in [0.15, 0.2) is 0 Å². The first-order valence-corrected chi connectivity index (χ1v) is 10.4. The van der Waals surface area contributed by atoms with Crippen LogP contribution in [0.1, 0.15) is 28.8 Å². The molecule has 158 valence electrons. The van der Waals surface area contributed by atoms with E-state index in [2.05, 4.69) is 5.32 Å². The average molecular weight is 437 g/mol. The molecular weight excluding hydrogens is 418 g/mol. The van der Waals surface area contributed by atoms with Gasteiger partial charge in [0.25, 0.3) is 11.8 Å². The Hall–Kier alpha value is -3.72. The minimum atomic E-state index is -0.942. The highest BCUT2D eigenvalue weighted by atomic mass is 32.1. The van der Waals surface area contributed by atoms with Crippen molar-refractivity contribution < 1.29 is 23.6 Å². The van der Waals surface area contributed by atoms with Gasteiger partial charge >= 0.3 is 0 Å². The summed E-state index contributed by atoms with van der Waals surface area (Å²) in [6.45, 7) is 1.47. The first-order valence-electron chi connectivity index (χ1n) is 9.55. The van der Waals surface area contributed by atoms with E-state index >= 15 is 0 Å². The zero-order valence-corrected chi connectivity index (χ0v) is 17.4. The number of nitrogens with one attached hydrogen (secondary N) is 1. The quantitative estimate of drug-likeness (QED) is 0.597. The summed E-state index contributed by atoms with van der Waals surface area (Å²) in [7, 11) is 0. The first kappa shape index (κ1) is 20.5. The summed E-state index contributed by atoms with van der Waals surface area (Å²) in [4.78, 5) is 53.3. The number of anilines is 2. The predicted molar refractivity (Wildman–Crippen MR) is 115 cm³/mol. The van der Waals surface area contributed by atoms with Gasteiger partial charge in [-0.1, -0.05) is 6.07 Å². The summed E-state index contributed by atoms with van der Waals surface area (Å²) in [5.74, 6) is -0.912. The van der Waals surface area contributed by atoms with E-state index in [1.807, 2.05) is 0 Å². The highest BCUT2D eigenvalue weighted by molar-refractivity contribution is 7.12. The van der Waals surface area contributed by atoms with Crippen LogP contribution in [0.15, 0.2) is 64.6 Å². The summed E-state index contributed by atoms with van der Waals surface area (Å²) in [5, 5.41) is 4.42. The molecule has 1 N–H and O–H groups in total. The summed E-state index contributed by atoms with van der Waals surface area (Å²) < 4.78 is 5.37. The maximum Gasteiger partial charge on any atom is 0.265 e. The van der Waals surface area contributed by atoms with Crippen LogP contribution < -0.4 is 10.2 Å². The standard InChI is InChI=1S/C22H19N3O5S/c1-14(26)23-15-6-8-16(9-7-15)25-20(27)12-18(21(25)28)24(13-17-4-2-10-30-17)22(29)19-5-3-11-31-19/h2-11,18H,12-13H2,1H3,(H,23,26). The van der Waals surface area contributed by atoms with Crippen molar-refractivity contribution in [2.45, 2.75) is 25.9 Å². The molecule has 2 aromatic heterocycles. The second kappa shape index (κ2) is 8.57. The molecule has 0 radical (unpaired) electrons. The molecule has 4 rings (SSSR count). The number of imide groups is 1. The van der Waals surface area contributed by atoms with Crippen LogP contribution in [0.3, 0.4) is 0 Å². The Labute approximate surface area is 182 Å². The molecule has 1 aliphatic rings. The molecule has 31 heavy (non-hydrogen) atoms. The van der Waals surface area contributed by atoms with Crippen LogP contribution in [0.25, 0.3) is 0 Å². The SMILES string of the molecule is CC(=O)Nc1ccc(N2C(=O)CC(N(Cc3ccco3)C(=O)c3cccs3)C2=O)cc1. The van der Waals surface area contributed by atoms with Gasteiger partial charge < -0.3 is 14.6 Å². The minimum Gasteiger partial charge on any atom is -0.467 e. The molecule has 3 heterocycles. The van der Waals surface area contributed by atoms with Gasteiger partial charge in [0.05, 0.1) is 29.8 Å². The highest BCUT2D eigenvalue weighted by Gasteiger charge is 2.45. The molecule has 3 aromatic rings. The fourth-order valence-corrected chi connectivity index (χ4v) is 4.14. The van der Waals surface area contributed by atoms with Crippen LogP contribution >= 0.6 is 11.3 Å². The van der Waals surface area contributed by atoms with Gasteiger partial charge in [0.1, 0.15) is 11.8 Å². The number of thiophene rings is 1. The third-order valence-electron chi connectivity index (χ3n) is 4.84. The van der Waals surface area contributed by atoms with Crippen LogP contribution in [0.5, 0.6) is 0 Å². The molecular formula is C22H19N3O5S. The van der Waals surface area contributed by atoms with Crippen molar-refractivity contribution in [3.63, 3.8) is 0 Å². The van der Waals surface area contributed by atoms with Gasteiger partial charge in [0.2, 0.25) is 11.8 Å². The van der Waals surface area contributed by atoms with Crippen LogP contribution in [0.2, 0.25) is 0 Å². The molecule has 0 bridgehead atoms. The average Bonchev–Trinajstić information content (AvgIpc) is 3.49. The van der Waals surface area contributed by atoms with Crippen molar-refractivity contribution in [3.8, 4) is 0 Å². The number of carbonyl (C=O) groups excluding carboxylic acids is 4. The molecule has 1 unspecified atom stereocenters. The predicted octanol–water partition coefficient (Wildman–Crippen LogP) is 3.27. The third-order valence-corrected chi connectivity index (χ3v) is 5.70. The van der Waals surface area contributed by atoms with Crippen molar-refractivity contribution in [1.29, 1.82) is 0 Å². The van der Waals surface area contributed by atoms with E-state index in [0.717, 1.165) is 4.90 Å². The Morgan fingerprint density at radius 3 is 2.55 bits per heavy atom. The lowest BCUT2D eigenvalue weighted by atomic mass is 10.2. The van der Waals surface area contributed by atoms with Crippen LogP contribution in [0.4, 0.5) is 11.4 Å². The van der Waals surface area contributed by atoms with Crippen LogP contribution in [-0.4, -0.2) is 34.6 Å². The molecule has 0 aliphatic carbocycles. The van der Waals surface area contributed by atoms with Crippen molar-refractivity contribution in [2.24, 2.45) is 0 Å². The van der Waals surface area contributed by atoms with E-state index < -0.39 is 17.9 Å². The lowest BCUT2D eigenvalue weighted by Gasteiger charge is -2.26. The number of amides is 4. The lowest BCUT2D eigenvalue weighted by molar-refractivity contribution is -0.122. The second-order valence-electron chi connectivity index (χ2n) is 7.01. The van der Waals surface area contributed by atoms with E-state index in [9.17, 15) is 19.2 Å². The summed E-state index contributed by atoms with van der Waals surface area (Å²) in [6, 6.07) is 12.3. The normalized spacial score (nSPS) is 15.9. The number of furan rings is 1. The molecule has 1 aliphatic heterocycles. The lowest BCUT2D eigenvalue weighted by Crippen LogP contribution is -2.44. The van der Waals surface area contributed by atoms with Crippen LogP contribution in [0, 0.1) is 0 Å². The van der Waals surface area contributed by atoms with Gasteiger partial charge in [-0.15, -0.1) is 11.3 Å². The monoisotopic (exact) mass is 437 g/mol. The van der Waals surface area contributed by atoms with Crippen molar-refractivity contribution in [2.75, 3.05) is 10.2 Å². The Bertz CT molecular complexity index is 1110. The number of benzene rings is 1. The molecule has 4 amide bonds. The molecule has 0 saturated carbocycles. The van der Waals surface area contributed by atoms with Crippen molar-refractivity contribution >= 4 is 46.3 Å². The molecule has 0 spiro atoms. The number of nitrogens with zero attached hydrogens (tertiary/aromatic N) is 2. The largest absolute Gasteiger partial charge is 0.467 e. The summed E-state index contributed by atoms with van der Waals surface area (Å²) >= 11 is 1.27. The van der Waals surface area contributed by atoms with Crippen molar-refractivity contribution in [1.82, 2.24) is 4.90 Å². The minimum absolute atomic E-state index is 0.0722. The summed E-state index contributed by atoms with van der Waals surface area (Å²) in [5.41, 5.74) is 0.937. The fraction of sp³-hybridized carbons (Fsp3) is 0.182. The first-order chi connectivity index (χ1) is 14.9. The van der Waals surface area contributed by atoms with E-state index in [1.54, 1.807) is 53.9 Å². The highest BCUT2D eigenvalue weighted by Crippen LogP contribution is 2.29. The van der Waals surface area contributed by atoms with Crippen LogP contribution in [-0.2, 0) is 20.9 Å². The summed E-state index contributed by atoms with van der Waals surface area (Å²) in [6.07, 6.45) is 1.37. The zero-order chi connectivity index (χ0) is 22.0. The molecule has 1 saturated heterocycles. The molecule has 1 atom stereocenters. The molecule has 1 aromatic carbocycles. The maximum atomic E-state index is 13.2. The molecule has 8 nitrogen and oxygen atoms in total. The van der Waals surface area contributed by atoms with E-state index in [1.165, 1.54) is 29.4 Å². The fourth-order valence-electron chi connectivity index (χ4n) is 3.46. The topological polar surface area (TPSA) is 99.9 Å². The Balaban J connectivity index is 1.61. The number of carbonyl (C=O) groups is 4. The van der Waals surface area contributed by atoms with E-state index in [4.69, 9.17) is 4.42 Å². The molecule has 1 fully saturated rings. The van der Waals surface area contributed by atoms with E-state index in [-0.39, 0.29) is 24.8 Å². The van der Waals surface area contributed by atoms with Gasteiger partial charge in [-0.25, -0.2) is 4.90 Å². The Morgan fingerprint density at radius 1 is 1.16 bits per heavy atom. The smallest absolute Gasteiger partial charge is 0.265 e. The van der Waals surface area contributed by atoms with Gasteiger partial charge in [-0.3, -0.25) is 19.2 Å². The Morgan fingerprint density at radius 2 is 1.94 bits per heavy atom. The number of hydrogen-bond donors (Lipinski definition) is 1. The van der Waals surface area contributed by atoms with Gasteiger partial charge in [-0.05, 0) is 47.8 Å². The number of hydrogen-bond acceptors (Lipinski definition) is 6. The zero-order valence-electron chi connectivity index (χ0n) is 16.6. The second-order valence-corrected chi connectivity index (χ2v) is 7.95. The Kier molecular flexibility index (Phi) is 5.68. The van der Waals surface area contributed by atoms with E-state index in [0.29, 0.717) is 22.0 Å². The third kappa shape index (κ3) is 4.26. The van der Waals surface area contributed by atoms with Crippen molar-refractivity contribution in [3.05, 3.63) is 70.8 Å². The molecule has 9 heteroatoms. The maximum absolute atomic E-state index is 13.2. The van der Waals surface area contributed by atoms with Gasteiger partial charge in [0, 0.05) is 12.6 Å². The number of rotatable bonds is 6. The van der Waals surface area contributed by atoms with Gasteiger partial charge in [-0.2, -0.15) is 0 Å².